The first kappa shape index (κ1) is 13.1. The number of H-pyrrole nitrogens is 1. The average Bonchev–Trinajstić information content (AvgIpc) is 2.88. The maximum atomic E-state index is 12.0. The number of nitrogens with one attached hydrogen (secondary N) is 2. The molecule has 0 fully saturated rings. The van der Waals surface area contributed by atoms with E-state index in [2.05, 4.69) is 37.9 Å². The summed E-state index contributed by atoms with van der Waals surface area (Å²) in [5.74, 6) is 0.659. The van der Waals surface area contributed by atoms with Crippen LogP contribution in [0.5, 0.6) is 0 Å². The molecule has 5 heteroatoms. The summed E-state index contributed by atoms with van der Waals surface area (Å²) in [5, 5.41) is 2.86. The first-order chi connectivity index (χ1) is 9.72. The van der Waals surface area contributed by atoms with Crippen molar-refractivity contribution >= 4 is 39.5 Å². The minimum Gasteiger partial charge on any atom is -0.345 e. The van der Waals surface area contributed by atoms with E-state index in [9.17, 15) is 4.79 Å². The van der Waals surface area contributed by atoms with Crippen LogP contribution < -0.4 is 5.32 Å². The number of amides is 1. The Morgan fingerprint density at radius 1 is 1.15 bits per heavy atom. The van der Waals surface area contributed by atoms with E-state index in [0.717, 1.165) is 20.4 Å². The second kappa shape index (κ2) is 5.62. The molecule has 1 aromatic heterocycles. The maximum Gasteiger partial charge on any atom is 0.251 e. The second-order valence-electron chi connectivity index (χ2n) is 4.39. The van der Waals surface area contributed by atoms with Gasteiger partial charge in [0.1, 0.15) is 5.82 Å². The monoisotopic (exact) mass is 377 g/mol. The minimum atomic E-state index is -0.0955. The highest BCUT2D eigenvalue weighted by atomic mass is 127. The molecule has 0 aliphatic heterocycles. The lowest BCUT2D eigenvalue weighted by atomic mass is 10.2. The van der Waals surface area contributed by atoms with Crippen LogP contribution in [0.4, 0.5) is 0 Å². The van der Waals surface area contributed by atoms with Crippen LogP contribution in [0.1, 0.15) is 16.2 Å². The summed E-state index contributed by atoms with van der Waals surface area (Å²) >= 11 is 2.21. The molecule has 2 N–H and O–H groups in total. The van der Waals surface area contributed by atoms with Crippen LogP contribution in [0.15, 0.2) is 48.5 Å². The maximum absolute atomic E-state index is 12.0. The molecular weight excluding hydrogens is 365 g/mol. The molecule has 0 atom stereocenters. The van der Waals surface area contributed by atoms with Crippen molar-refractivity contribution in [3.63, 3.8) is 0 Å². The molecule has 0 aliphatic rings. The molecule has 3 rings (SSSR count). The normalized spacial score (nSPS) is 10.7. The zero-order valence-electron chi connectivity index (χ0n) is 10.6. The van der Waals surface area contributed by atoms with Crippen molar-refractivity contribution in [2.24, 2.45) is 0 Å². The molecular formula is C15H12IN3O. The number of benzene rings is 2. The summed E-state index contributed by atoms with van der Waals surface area (Å²) in [6.07, 6.45) is 0. The summed E-state index contributed by atoms with van der Waals surface area (Å²) in [6, 6.07) is 15.3. The minimum absolute atomic E-state index is 0.0955. The van der Waals surface area contributed by atoms with Gasteiger partial charge in [0.15, 0.2) is 0 Å². The van der Waals surface area contributed by atoms with Gasteiger partial charge in [-0.25, -0.2) is 4.98 Å². The van der Waals surface area contributed by atoms with Crippen molar-refractivity contribution in [3.05, 3.63) is 63.5 Å². The Bertz CT molecular complexity index is 716. The van der Waals surface area contributed by atoms with Crippen LogP contribution in [0, 0.1) is 3.57 Å². The van der Waals surface area contributed by atoms with Crippen LogP contribution in [0.2, 0.25) is 0 Å². The highest BCUT2D eigenvalue weighted by molar-refractivity contribution is 14.1. The summed E-state index contributed by atoms with van der Waals surface area (Å²) in [6.45, 7) is 0.388. The van der Waals surface area contributed by atoms with Gasteiger partial charge >= 0.3 is 0 Å². The van der Waals surface area contributed by atoms with Crippen molar-refractivity contribution in [1.29, 1.82) is 0 Å². The SMILES string of the molecule is O=C(NCc1nc2ccccc2[nH]1)c1ccc(I)cc1. The number of rotatable bonds is 3. The number of nitrogens with zero attached hydrogens (tertiary/aromatic N) is 1. The number of carbonyl (C=O) groups excluding carboxylic acids is 1. The van der Waals surface area contributed by atoms with Gasteiger partial charge < -0.3 is 10.3 Å². The number of fused-ring (bicyclic) bond motifs is 1. The Hall–Kier alpha value is -1.89. The van der Waals surface area contributed by atoms with Gasteiger partial charge in [0.2, 0.25) is 0 Å². The predicted octanol–water partition coefficient (Wildman–Crippen LogP) is 3.10. The second-order valence-corrected chi connectivity index (χ2v) is 5.64. The Kier molecular flexibility index (Phi) is 3.68. The molecule has 0 bridgehead atoms. The molecule has 4 nitrogen and oxygen atoms in total. The van der Waals surface area contributed by atoms with Gasteiger partial charge in [-0.2, -0.15) is 0 Å². The van der Waals surface area contributed by atoms with E-state index < -0.39 is 0 Å². The molecule has 0 radical (unpaired) electrons. The number of imidazole rings is 1. The quantitative estimate of drug-likeness (QED) is 0.690. The van der Waals surface area contributed by atoms with Gasteiger partial charge in [0.25, 0.3) is 5.91 Å². The average molecular weight is 377 g/mol. The number of para-hydroxylation sites is 2. The molecule has 100 valence electrons. The molecule has 3 aromatic rings. The van der Waals surface area contributed by atoms with Gasteiger partial charge in [0.05, 0.1) is 17.6 Å². The van der Waals surface area contributed by atoms with E-state index in [1.54, 1.807) is 0 Å². The lowest BCUT2D eigenvalue weighted by molar-refractivity contribution is 0.0950. The van der Waals surface area contributed by atoms with Crippen molar-refractivity contribution in [2.45, 2.75) is 6.54 Å². The highest BCUT2D eigenvalue weighted by Crippen LogP contribution is 2.10. The lowest BCUT2D eigenvalue weighted by Gasteiger charge is -2.03. The van der Waals surface area contributed by atoms with Crippen LogP contribution in [0.3, 0.4) is 0 Å². The largest absolute Gasteiger partial charge is 0.345 e. The Balaban J connectivity index is 1.69. The zero-order valence-corrected chi connectivity index (χ0v) is 12.7. The van der Waals surface area contributed by atoms with Gasteiger partial charge in [-0.15, -0.1) is 0 Å². The molecule has 0 saturated heterocycles. The van der Waals surface area contributed by atoms with Crippen LogP contribution in [-0.4, -0.2) is 15.9 Å². The van der Waals surface area contributed by atoms with Gasteiger partial charge in [0, 0.05) is 9.13 Å². The molecule has 2 aromatic carbocycles. The Morgan fingerprint density at radius 2 is 1.90 bits per heavy atom. The smallest absolute Gasteiger partial charge is 0.251 e. The third-order valence-electron chi connectivity index (χ3n) is 2.96. The molecule has 1 heterocycles. The van der Waals surface area contributed by atoms with Crippen molar-refractivity contribution in [1.82, 2.24) is 15.3 Å². The van der Waals surface area contributed by atoms with Crippen LogP contribution in [-0.2, 0) is 6.54 Å². The van der Waals surface area contributed by atoms with E-state index in [1.165, 1.54) is 0 Å². The summed E-state index contributed by atoms with van der Waals surface area (Å²) in [5.41, 5.74) is 2.54. The van der Waals surface area contributed by atoms with Gasteiger partial charge in [-0.05, 0) is 59.0 Å². The predicted molar refractivity (Wildman–Crippen MR) is 86.4 cm³/mol. The number of hydrogen-bond acceptors (Lipinski definition) is 2. The van der Waals surface area contributed by atoms with Crippen molar-refractivity contribution < 1.29 is 4.79 Å². The van der Waals surface area contributed by atoms with E-state index in [-0.39, 0.29) is 5.91 Å². The van der Waals surface area contributed by atoms with E-state index >= 15 is 0 Å². The van der Waals surface area contributed by atoms with Crippen LogP contribution >= 0.6 is 22.6 Å². The fraction of sp³-hybridized carbons (Fsp3) is 0.0667. The third-order valence-corrected chi connectivity index (χ3v) is 3.68. The summed E-state index contributed by atoms with van der Waals surface area (Å²) in [4.78, 5) is 19.6. The summed E-state index contributed by atoms with van der Waals surface area (Å²) < 4.78 is 1.11. The molecule has 20 heavy (non-hydrogen) atoms. The molecule has 0 saturated carbocycles. The summed E-state index contributed by atoms with van der Waals surface area (Å²) in [7, 11) is 0. The Labute approximate surface area is 129 Å². The van der Waals surface area contributed by atoms with E-state index in [1.807, 2.05) is 48.5 Å². The number of aromatic amines is 1. The lowest BCUT2D eigenvalue weighted by Crippen LogP contribution is -2.23. The third kappa shape index (κ3) is 2.82. The first-order valence-electron chi connectivity index (χ1n) is 6.20. The number of hydrogen-bond donors (Lipinski definition) is 2. The Morgan fingerprint density at radius 3 is 2.65 bits per heavy atom. The fourth-order valence-electron chi connectivity index (χ4n) is 1.96. The molecule has 1 amide bonds. The van der Waals surface area contributed by atoms with Crippen LogP contribution in [0.25, 0.3) is 11.0 Å². The van der Waals surface area contributed by atoms with Gasteiger partial charge in [-0.3, -0.25) is 4.79 Å². The van der Waals surface area contributed by atoms with Crippen molar-refractivity contribution in [2.75, 3.05) is 0 Å². The topological polar surface area (TPSA) is 57.8 Å². The zero-order chi connectivity index (χ0) is 13.9. The van der Waals surface area contributed by atoms with E-state index in [4.69, 9.17) is 0 Å². The standard InChI is InChI=1S/C15H12IN3O/c16-11-7-5-10(6-8-11)15(20)17-9-14-18-12-3-1-2-4-13(12)19-14/h1-8H,9H2,(H,17,20)(H,18,19). The number of aromatic nitrogens is 2. The van der Waals surface area contributed by atoms with Gasteiger partial charge in [-0.1, -0.05) is 12.1 Å². The highest BCUT2D eigenvalue weighted by Gasteiger charge is 2.07. The molecule has 0 spiro atoms. The fourth-order valence-corrected chi connectivity index (χ4v) is 2.32. The van der Waals surface area contributed by atoms with Crippen molar-refractivity contribution in [3.8, 4) is 0 Å². The first-order valence-corrected chi connectivity index (χ1v) is 7.27. The molecule has 0 aliphatic carbocycles. The number of halogens is 1. The molecule has 0 unspecified atom stereocenters. The number of carbonyl (C=O) groups is 1. The van der Waals surface area contributed by atoms with E-state index in [0.29, 0.717) is 12.1 Å².